The van der Waals surface area contributed by atoms with Crippen LogP contribution in [0.15, 0.2) is 24.5 Å². The summed E-state index contributed by atoms with van der Waals surface area (Å²) in [6.07, 6.45) is 4.82. The quantitative estimate of drug-likeness (QED) is 0.511. The maximum absolute atomic E-state index is 13.4. The van der Waals surface area contributed by atoms with E-state index >= 15 is 0 Å². The molecule has 4 rings (SSSR count). The molecule has 0 bridgehead atoms. The van der Waals surface area contributed by atoms with E-state index in [0.717, 1.165) is 41.0 Å². The van der Waals surface area contributed by atoms with E-state index in [4.69, 9.17) is 0 Å². The van der Waals surface area contributed by atoms with Gasteiger partial charge in [-0.05, 0) is 51.4 Å². The van der Waals surface area contributed by atoms with E-state index in [-0.39, 0.29) is 11.9 Å². The third kappa shape index (κ3) is 7.43. The van der Waals surface area contributed by atoms with Gasteiger partial charge in [0.05, 0.1) is 22.5 Å². The van der Waals surface area contributed by atoms with Crippen LogP contribution in [0.2, 0.25) is 0 Å². The first kappa shape index (κ1) is 28.4. The Labute approximate surface area is 200 Å². The normalized spacial score (nSPS) is 13.1. The minimum atomic E-state index is -0.393. The van der Waals surface area contributed by atoms with Gasteiger partial charge in [0.25, 0.3) is 5.91 Å². The molecule has 1 unspecified atom stereocenters. The van der Waals surface area contributed by atoms with Crippen LogP contribution in [0.1, 0.15) is 74.4 Å². The van der Waals surface area contributed by atoms with Crippen LogP contribution in [0, 0.1) is 12.7 Å². The van der Waals surface area contributed by atoms with Crippen LogP contribution < -0.4 is 11.1 Å². The second-order valence-corrected chi connectivity index (χ2v) is 8.03. The molecule has 1 fully saturated rings. The zero-order valence-electron chi connectivity index (χ0n) is 20.8. The molecule has 3 aromatic heterocycles. The number of carbonyl (C=O) groups excluding carboxylic acids is 1. The topological polar surface area (TPSA) is 97.0 Å². The largest absolute Gasteiger partial charge is 0.348 e. The van der Waals surface area contributed by atoms with Crippen LogP contribution in [0.5, 0.6) is 0 Å². The summed E-state index contributed by atoms with van der Waals surface area (Å²) in [4.78, 5) is 28.9. The summed E-state index contributed by atoms with van der Waals surface area (Å²) >= 11 is 1.53. The highest BCUT2D eigenvalue weighted by Gasteiger charge is 2.25. The second kappa shape index (κ2) is 14.5. The van der Waals surface area contributed by atoms with Gasteiger partial charge in [-0.15, -0.1) is 11.3 Å². The molecule has 4 heterocycles. The van der Waals surface area contributed by atoms with Crippen molar-refractivity contribution in [1.82, 2.24) is 19.9 Å². The number of anilines is 1. The Morgan fingerprint density at radius 2 is 1.76 bits per heavy atom. The maximum atomic E-state index is 13.4. The number of amides is 1. The van der Waals surface area contributed by atoms with Crippen LogP contribution in [-0.4, -0.2) is 45.9 Å². The molecule has 1 aliphatic heterocycles. The summed E-state index contributed by atoms with van der Waals surface area (Å²) in [6.45, 7) is 13.4. The number of nitrogens with two attached hydrogens (primary N) is 1. The predicted octanol–water partition coefficient (Wildman–Crippen LogP) is 5.57. The van der Waals surface area contributed by atoms with Gasteiger partial charge in [-0.3, -0.25) is 9.78 Å². The Hall–Kier alpha value is -2.65. The Morgan fingerprint density at radius 3 is 2.36 bits per heavy atom. The molecular formula is C24H37FN6OS. The fourth-order valence-electron chi connectivity index (χ4n) is 3.27. The van der Waals surface area contributed by atoms with Crippen LogP contribution in [0.25, 0.3) is 10.2 Å². The minimum absolute atomic E-state index is 0.0510. The molecule has 9 heteroatoms. The zero-order chi connectivity index (χ0) is 25.0. The molecule has 3 N–H and O–H groups in total. The van der Waals surface area contributed by atoms with Crippen LogP contribution in [0.3, 0.4) is 0 Å². The van der Waals surface area contributed by atoms with Crippen LogP contribution >= 0.6 is 11.3 Å². The van der Waals surface area contributed by atoms with Gasteiger partial charge < -0.3 is 16.0 Å². The van der Waals surface area contributed by atoms with Crippen molar-refractivity contribution >= 4 is 33.4 Å². The molecule has 1 aliphatic rings. The SMILES string of the molecule is CC.CC.CN.Cc1cc2nc(NC(C)c3cncc(F)c3)nc(C(=O)N3CCCC3)c2s1. The van der Waals surface area contributed by atoms with Crippen molar-refractivity contribution in [3.63, 3.8) is 0 Å². The number of nitrogens with zero attached hydrogens (tertiary/aromatic N) is 4. The van der Waals surface area contributed by atoms with Gasteiger partial charge in [-0.2, -0.15) is 0 Å². The summed E-state index contributed by atoms with van der Waals surface area (Å²) in [7, 11) is 1.50. The fraction of sp³-hybridized carbons (Fsp3) is 0.500. The molecule has 1 saturated heterocycles. The van der Waals surface area contributed by atoms with E-state index < -0.39 is 5.82 Å². The number of hydrogen-bond acceptors (Lipinski definition) is 7. The highest BCUT2D eigenvalue weighted by Crippen LogP contribution is 2.29. The number of hydrogen-bond donors (Lipinski definition) is 2. The van der Waals surface area contributed by atoms with Crippen LogP contribution in [-0.2, 0) is 0 Å². The van der Waals surface area contributed by atoms with Gasteiger partial charge in [0.1, 0.15) is 5.82 Å². The first-order valence-electron chi connectivity index (χ1n) is 11.5. The van der Waals surface area contributed by atoms with Crippen molar-refractivity contribution in [1.29, 1.82) is 0 Å². The molecule has 33 heavy (non-hydrogen) atoms. The summed E-state index contributed by atoms with van der Waals surface area (Å²) < 4.78 is 14.3. The van der Waals surface area contributed by atoms with Crippen molar-refractivity contribution in [3.8, 4) is 0 Å². The Balaban J connectivity index is 0.000000841. The Morgan fingerprint density at radius 1 is 1.12 bits per heavy atom. The number of pyridine rings is 1. The molecule has 1 amide bonds. The lowest BCUT2D eigenvalue weighted by atomic mass is 10.1. The lowest BCUT2D eigenvalue weighted by Crippen LogP contribution is -2.28. The van der Waals surface area contributed by atoms with E-state index in [9.17, 15) is 9.18 Å². The third-order valence-corrected chi connectivity index (χ3v) is 5.71. The number of aromatic nitrogens is 3. The van der Waals surface area contributed by atoms with E-state index in [1.807, 2.05) is 52.5 Å². The van der Waals surface area contributed by atoms with Crippen molar-refractivity contribution in [2.24, 2.45) is 5.73 Å². The number of halogens is 1. The van der Waals surface area contributed by atoms with Crippen LogP contribution in [0.4, 0.5) is 10.3 Å². The maximum Gasteiger partial charge on any atom is 0.274 e. The van der Waals surface area contributed by atoms with Gasteiger partial charge in [0, 0.05) is 24.2 Å². The summed E-state index contributed by atoms with van der Waals surface area (Å²) in [6, 6.07) is 3.14. The Bertz CT molecular complexity index is 1000. The monoisotopic (exact) mass is 476 g/mol. The smallest absolute Gasteiger partial charge is 0.274 e. The van der Waals surface area contributed by atoms with Crippen molar-refractivity contribution < 1.29 is 9.18 Å². The summed E-state index contributed by atoms with van der Waals surface area (Å²) in [5, 5.41) is 3.18. The van der Waals surface area contributed by atoms with Crippen molar-refractivity contribution in [3.05, 3.63) is 46.5 Å². The van der Waals surface area contributed by atoms with Gasteiger partial charge in [-0.1, -0.05) is 27.7 Å². The highest BCUT2D eigenvalue weighted by atomic mass is 32.1. The van der Waals surface area contributed by atoms with Gasteiger partial charge >= 0.3 is 0 Å². The molecule has 0 aliphatic carbocycles. The summed E-state index contributed by atoms with van der Waals surface area (Å²) in [5.74, 6) is -0.0830. The van der Waals surface area contributed by atoms with E-state index in [1.54, 1.807) is 6.20 Å². The number of thiophene rings is 1. The Kier molecular flexibility index (Phi) is 12.5. The minimum Gasteiger partial charge on any atom is -0.348 e. The predicted molar refractivity (Wildman–Crippen MR) is 136 cm³/mol. The fourth-order valence-corrected chi connectivity index (χ4v) is 4.20. The second-order valence-electron chi connectivity index (χ2n) is 6.77. The van der Waals surface area contributed by atoms with Gasteiger partial charge in [0.15, 0.2) is 5.69 Å². The lowest BCUT2D eigenvalue weighted by molar-refractivity contribution is 0.0789. The molecule has 0 saturated carbocycles. The zero-order valence-corrected chi connectivity index (χ0v) is 21.6. The highest BCUT2D eigenvalue weighted by molar-refractivity contribution is 7.19. The standard InChI is InChI=1S/C19H20FN5OS.2C2H6.CH5N/c1-11-7-15-17(27-11)16(18(26)25-5-3-4-6-25)24-19(23-15)22-12(2)13-8-14(20)10-21-9-13;3*1-2/h7-10,12H,3-6H2,1-2H3,(H,22,23,24);2*1-2H3;2H2,1H3. The number of carbonyl (C=O) groups is 1. The number of rotatable bonds is 4. The van der Waals surface area contributed by atoms with E-state index in [1.165, 1.54) is 30.6 Å². The first-order chi connectivity index (χ1) is 16.0. The molecule has 1 atom stereocenters. The number of aryl methyl sites for hydroxylation is 1. The average Bonchev–Trinajstić information content (AvgIpc) is 3.51. The molecular weight excluding hydrogens is 439 g/mol. The molecule has 7 nitrogen and oxygen atoms in total. The third-order valence-electron chi connectivity index (χ3n) is 4.66. The summed E-state index contributed by atoms with van der Waals surface area (Å²) in [5.41, 5.74) is 6.38. The van der Waals surface area contributed by atoms with E-state index in [2.05, 4.69) is 26.0 Å². The molecule has 0 radical (unpaired) electrons. The number of fused-ring (bicyclic) bond motifs is 1. The van der Waals surface area contributed by atoms with Gasteiger partial charge in [0.2, 0.25) is 5.95 Å². The number of likely N-dealkylation sites (tertiary alicyclic amines) is 1. The van der Waals surface area contributed by atoms with Gasteiger partial charge in [-0.25, -0.2) is 14.4 Å². The molecule has 3 aromatic rings. The first-order valence-corrected chi connectivity index (χ1v) is 12.3. The van der Waals surface area contributed by atoms with Crippen molar-refractivity contribution in [2.75, 3.05) is 25.5 Å². The molecule has 182 valence electrons. The average molecular weight is 477 g/mol. The van der Waals surface area contributed by atoms with E-state index in [0.29, 0.717) is 17.2 Å². The number of nitrogens with one attached hydrogen (secondary N) is 1. The molecule has 0 spiro atoms. The van der Waals surface area contributed by atoms with Crippen molar-refractivity contribution in [2.45, 2.75) is 60.4 Å². The molecule has 0 aromatic carbocycles. The lowest BCUT2D eigenvalue weighted by Gasteiger charge is -2.17.